The summed E-state index contributed by atoms with van der Waals surface area (Å²) in [4.78, 5) is 0. The molecule has 0 amide bonds. The molecule has 16 heavy (non-hydrogen) atoms. The topological polar surface area (TPSA) is 51.5 Å². The second-order valence-corrected chi connectivity index (χ2v) is 6.12. The van der Waals surface area contributed by atoms with Crippen molar-refractivity contribution >= 4 is 18.5 Å². The molecule has 0 spiro atoms. The van der Waals surface area contributed by atoms with Crippen molar-refractivity contribution in [2.45, 2.75) is 6.61 Å². The van der Waals surface area contributed by atoms with E-state index in [1.165, 1.54) is 14.2 Å². The highest BCUT2D eigenvalue weighted by molar-refractivity contribution is 8.07. The van der Waals surface area contributed by atoms with Crippen LogP contribution in [-0.4, -0.2) is 14.2 Å². The van der Waals surface area contributed by atoms with Gasteiger partial charge in [0.2, 0.25) is 0 Å². The van der Waals surface area contributed by atoms with E-state index in [0.717, 1.165) is 5.56 Å². The van der Waals surface area contributed by atoms with Gasteiger partial charge in [-0.2, -0.15) is 5.26 Å². The smallest absolute Gasteiger partial charge is 0.312 e. The molecule has 0 N–H and O–H groups in total. The molecule has 0 saturated carbocycles. The lowest BCUT2D eigenvalue weighted by Crippen LogP contribution is -1.95. The fourth-order valence-corrected chi connectivity index (χ4v) is 1.83. The molecule has 0 heterocycles. The molecule has 1 rings (SSSR count). The summed E-state index contributed by atoms with van der Waals surface area (Å²) in [5.41, 5.74) is 1.53. The van der Waals surface area contributed by atoms with Gasteiger partial charge in [-0.05, 0) is 29.5 Å². The lowest BCUT2D eigenvalue weighted by molar-refractivity contribution is 0.195. The van der Waals surface area contributed by atoms with Crippen molar-refractivity contribution in [3.8, 4) is 6.07 Å². The van der Waals surface area contributed by atoms with E-state index in [2.05, 4.69) is 0 Å². The van der Waals surface area contributed by atoms with E-state index in [1.807, 2.05) is 18.2 Å². The number of rotatable bonds is 5. The van der Waals surface area contributed by atoms with Gasteiger partial charge in [-0.3, -0.25) is 0 Å². The Morgan fingerprint density at radius 3 is 2.25 bits per heavy atom. The van der Waals surface area contributed by atoms with Crippen LogP contribution in [0.4, 0.5) is 0 Å². The minimum absolute atomic E-state index is 0.310. The maximum Gasteiger partial charge on any atom is 0.326 e. The van der Waals surface area contributed by atoms with E-state index >= 15 is 0 Å². The molecule has 0 fully saturated rings. The van der Waals surface area contributed by atoms with Crippen LogP contribution in [0, 0.1) is 11.3 Å². The third-order valence-corrected chi connectivity index (χ3v) is 4.47. The van der Waals surface area contributed by atoms with E-state index < -0.39 is 6.72 Å². The number of benzene rings is 1. The van der Waals surface area contributed by atoms with Crippen molar-refractivity contribution < 1.29 is 13.6 Å². The largest absolute Gasteiger partial charge is 0.326 e. The van der Waals surface area contributed by atoms with Gasteiger partial charge in [0.05, 0.1) is 18.2 Å². The van der Waals surface area contributed by atoms with E-state index in [4.69, 9.17) is 30.6 Å². The van der Waals surface area contributed by atoms with Gasteiger partial charge in [0, 0.05) is 14.2 Å². The molecule has 0 aromatic heterocycles. The lowest BCUT2D eigenvalue weighted by Gasteiger charge is -2.17. The van der Waals surface area contributed by atoms with Gasteiger partial charge in [0.25, 0.3) is 0 Å². The molecule has 1 aromatic rings. The van der Waals surface area contributed by atoms with Crippen molar-refractivity contribution in [3.05, 3.63) is 35.4 Å². The number of nitrogens with zero attached hydrogens (tertiary/aromatic N) is 1. The summed E-state index contributed by atoms with van der Waals surface area (Å²) in [6.07, 6.45) is 0. The van der Waals surface area contributed by atoms with Crippen LogP contribution in [0.1, 0.15) is 11.1 Å². The highest BCUT2D eigenvalue weighted by Gasteiger charge is 2.16. The van der Waals surface area contributed by atoms with Gasteiger partial charge < -0.3 is 13.6 Å². The highest BCUT2D eigenvalue weighted by Crippen LogP contribution is 2.48. The Bertz CT molecular complexity index is 419. The molecule has 0 aliphatic rings. The van der Waals surface area contributed by atoms with Crippen LogP contribution in [0.15, 0.2) is 24.3 Å². The Labute approximate surface area is 100 Å². The molecule has 0 bridgehead atoms. The first-order valence-electron chi connectivity index (χ1n) is 4.48. The molecule has 86 valence electrons. The van der Waals surface area contributed by atoms with Gasteiger partial charge in [-0.15, -0.1) is 0 Å². The fourth-order valence-electron chi connectivity index (χ4n) is 1.01. The van der Waals surface area contributed by atoms with Crippen LogP contribution in [0.5, 0.6) is 0 Å². The van der Waals surface area contributed by atoms with Gasteiger partial charge in [-0.25, -0.2) is 0 Å². The Hall–Kier alpha value is -0.760. The second kappa shape index (κ2) is 6.09. The summed E-state index contributed by atoms with van der Waals surface area (Å²) >= 11 is 5.04. The quantitative estimate of drug-likeness (QED) is 0.759. The zero-order valence-electron chi connectivity index (χ0n) is 9.04. The van der Waals surface area contributed by atoms with Crippen molar-refractivity contribution in [1.29, 1.82) is 5.26 Å². The zero-order valence-corrected chi connectivity index (χ0v) is 10.8. The third-order valence-electron chi connectivity index (χ3n) is 1.92. The molecule has 0 aliphatic heterocycles. The predicted octanol–water partition coefficient (Wildman–Crippen LogP) is 2.59. The third kappa shape index (κ3) is 3.67. The molecule has 0 unspecified atom stereocenters. The first-order valence-corrected chi connectivity index (χ1v) is 7.04. The molecule has 0 aliphatic carbocycles. The molecule has 4 nitrogen and oxygen atoms in total. The predicted molar refractivity (Wildman–Crippen MR) is 64.2 cm³/mol. The average molecular weight is 257 g/mol. The van der Waals surface area contributed by atoms with E-state index in [0.29, 0.717) is 12.2 Å². The van der Waals surface area contributed by atoms with Gasteiger partial charge in [0.15, 0.2) is 0 Å². The Morgan fingerprint density at radius 2 is 1.81 bits per heavy atom. The summed E-state index contributed by atoms with van der Waals surface area (Å²) in [7, 11) is 2.92. The SMILES string of the molecule is COP(=S)(OC)OCc1ccc(C#N)cc1. The molecular weight excluding hydrogens is 245 g/mol. The molecule has 0 saturated heterocycles. The Kier molecular flexibility index (Phi) is 5.07. The Balaban J connectivity index is 2.61. The van der Waals surface area contributed by atoms with Crippen LogP contribution >= 0.6 is 6.72 Å². The monoisotopic (exact) mass is 257 g/mol. The van der Waals surface area contributed by atoms with Crippen LogP contribution in [0.2, 0.25) is 0 Å². The number of hydrogen-bond donors (Lipinski definition) is 0. The van der Waals surface area contributed by atoms with Crippen LogP contribution in [-0.2, 0) is 32.0 Å². The van der Waals surface area contributed by atoms with Gasteiger partial charge >= 0.3 is 6.72 Å². The molecule has 0 radical (unpaired) electrons. The van der Waals surface area contributed by atoms with Crippen LogP contribution in [0.25, 0.3) is 0 Å². The zero-order chi connectivity index (χ0) is 12.0. The molecule has 1 aromatic carbocycles. The first kappa shape index (κ1) is 13.3. The Morgan fingerprint density at radius 1 is 1.25 bits per heavy atom. The minimum atomic E-state index is -2.60. The van der Waals surface area contributed by atoms with Gasteiger partial charge in [0.1, 0.15) is 0 Å². The van der Waals surface area contributed by atoms with Crippen molar-refractivity contribution in [2.24, 2.45) is 0 Å². The van der Waals surface area contributed by atoms with Crippen LogP contribution in [0.3, 0.4) is 0 Å². The number of nitriles is 1. The summed E-state index contributed by atoms with van der Waals surface area (Å²) in [6, 6.07) is 9.11. The fraction of sp³-hybridized carbons (Fsp3) is 0.300. The average Bonchev–Trinajstić information content (AvgIpc) is 2.36. The summed E-state index contributed by atoms with van der Waals surface area (Å²) in [6.45, 7) is -2.29. The van der Waals surface area contributed by atoms with Crippen LogP contribution < -0.4 is 0 Å². The van der Waals surface area contributed by atoms with E-state index in [-0.39, 0.29) is 0 Å². The summed E-state index contributed by atoms with van der Waals surface area (Å²) in [5, 5.41) is 8.63. The van der Waals surface area contributed by atoms with E-state index in [1.54, 1.807) is 12.1 Å². The normalized spacial score (nSPS) is 11.1. The van der Waals surface area contributed by atoms with Gasteiger partial charge in [-0.1, -0.05) is 12.1 Å². The van der Waals surface area contributed by atoms with Crippen molar-refractivity contribution in [3.63, 3.8) is 0 Å². The summed E-state index contributed by atoms with van der Waals surface area (Å²) < 4.78 is 15.4. The standard InChI is InChI=1S/C10H12NO3PS/c1-12-15(16,13-2)14-8-10-5-3-9(7-11)4-6-10/h3-6H,8H2,1-2H3. The van der Waals surface area contributed by atoms with Crippen molar-refractivity contribution in [1.82, 2.24) is 0 Å². The summed E-state index contributed by atoms with van der Waals surface area (Å²) in [5.74, 6) is 0. The molecule has 0 atom stereocenters. The minimum Gasteiger partial charge on any atom is -0.312 e. The molecule has 6 heteroatoms. The van der Waals surface area contributed by atoms with Crippen molar-refractivity contribution in [2.75, 3.05) is 14.2 Å². The first-order chi connectivity index (χ1) is 7.63. The maximum absolute atomic E-state index is 8.63. The maximum atomic E-state index is 8.63. The lowest BCUT2D eigenvalue weighted by atomic mass is 10.2. The highest BCUT2D eigenvalue weighted by atomic mass is 32.5. The van der Waals surface area contributed by atoms with E-state index in [9.17, 15) is 0 Å². The molecular formula is C10H12NO3PS. The second-order valence-electron chi connectivity index (χ2n) is 2.89. The number of hydrogen-bond acceptors (Lipinski definition) is 5.